The Morgan fingerprint density at radius 1 is 1.62 bits per heavy atom. The number of hydrogen-bond acceptors (Lipinski definition) is 3. The summed E-state index contributed by atoms with van der Waals surface area (Å²) in [6, 6.07) is 0. The lowest BCUT2D eigenvalue weighted by Crippen LogP contribution is -2.29. The molecule has 0 amide bonds. The molecule has 1 aliphatic heterocycles. The van der Waals surface area contributed by atoms with E-state index in [-0.39, 0.29) is 0 Å². The zero-order valence-electron chi connectivity index (χ0n) is 4.46. The lowest BCUT2D eigenvalue weighted by molar-refractivity contribution is 0.0462. The van der Waals surface area contributed by atoms with Crippen LogP contribution in [0.4, 0.5) is 0 Å². The van der Waals surface area contributed by atoms with E-state index in [1.54, 1.807) is 0 Å². The van der Waals surface area contributed by atoms with Crippen LogP contribution in [0.3, 0.4) is 0 Å². The Balaban J connectivity index is 2.56. The van der Waals surface area contributed by atoms with Crippen LogP contribution in [0.15, 0.2) is 12.2 Å². The first-order valence-electron chi connectivity index (χ1n) is 2.49. The number of hydrogen-bond donors (Lipinski definition) is 3. The number of rotatable bonds is 0. The first-order valence-corrected chi connectivity index (χ1v) is 2.49. The second kappa shape index (κ2) is 1.85. The van der Waals surface area contributed by atoms with Gasteiger partial charge in [-0.05, 0) is 5.57 Å². The Bertz CT molecular complexity index is 113. The fourth-order valence-electron chi connectivity index (χ4n) is 0.675. The van der Waals surface area contributed by atoms with E-state index >= 15 is 0 Å². The molecule has 0 saturated carbocycles. The van der Waals surface area contributed by atoms with E-state index in [1.807, 2.05) is 0 Å². The highest BCUT2D eigenvalue weighted by atomic mass is 16.3. The van der Waals surface area contributed by atoms with Crippen molar-refractivity contribution in [3.8, 4) is 0 Å². The highest BCUT2D eigenvalue weighted by Gasteiger charge is 2.24. The van der Waals surface area contributed by atoms with Crippen LogP contribution in [0.1, 0.15) is 0 Å². The molecule has 3 nitrogen and oxygen atoms in total. The van der Waals surface area contributed by atoms with Crippen molar-refractivity contribution in [3.63, 3.8) is 0 Å². The van der Waals surface area contributed by atoms with Crippen molar-refractivity contribution in [2.45, 2.75) is 12.3 Å². The average molecular weight is 115 g/mol. The molecular weight excluding hydrogens is 106 g/mol. The molecule has 1 saturated heterocycles. The summed E-state index contributed by atoms with van der Waals surface area (Å²) in [5.41, 5.74) is 0.650. The number of aliphatic hydroxyl groups excluding tert-OH is 2. The van der Waals surface area contributed by atoms with Crippen LogP contribution in [0.5, 0.6) is 0 Å². The molecule has 2 unspecified atom stereocenters. The molecule has 1 fully saturated rings. The minimum absolute atomic E-state index is 0.516. The summed E-state index contributed by atoms with van der Waals surface area (Å²) < 4.78 is 0. The van der Waals surface area contributed by atoms with E-state index in [0.29, 0.717) is 12.1 Å². The van der Waals surface area contributed by atoms with Gasteiger partial charge in [0, 0.05) is 6.54 Å². The lowest BCUT2D eigenvalue weighted by atomic mass is 10.2. The van der Waals surface area contributed by atoms with Crippen LogP contribution < -0.4 is 5.32 Å². The molecule has 3 heteroatoms. The molecule has 1 heterocycles. The molecule has 0 aromatic heterocycles. The van der Waals surface area contributed by atoms with Crippen molar-refractivity contribution in [2.75, 3.05) is 6.54 Å². The third kappa shape index (κ3) is 0.753. The van der Waals surface area contributed by atoms with Crippen molar-refractivity contribution in [1.29, 1.82) is 0 Å². The first kappa shape index (κ1) is 5.75. The molecule has 0 radical (unpaired) electrons. The Labute approximate surface area is 47.6 Å². The minimum atomic E-state index is -0.803. The summed E-state index contributed by atoms with van der Waals surface area (Å²) in [6.45, 7) is 4.03. The Morgan fingerprint density at radius 2 is 2.25 bits per heavy atom. The third-order valence-corrected chi connectivity index (χ3v) is 1.26. The van der Waals surface area contributed by atoms with Crippen molar-refractivity contribution >= 4 is 0 Å². The van der Waals surface area contributed by atoms with E-state index < -0.39 is 12.3 Å². The van der Waals surface area contributed by atoms with Gasteiger partial charge in [-0.15, -0.1) is 0 Å². The molecule has 0 aromatic rings. The summed E-state index contributed by atoms with van der Waals surface area (Å²) in [6.07, 6.45) is -1.57. The monoisotopic (exact) mass is 115 g/mol. The van der Waals surface area contributed by atoms with Gasteiger partial charge in [-0.2, -0.15) is 0 Å². The van der Waals surface area contributed by atoms with Gasteiger partial charge in [-0.3, -0.25) is 5.32 Å². The quantitative estimate of drug-likeness (QED) is 0.348. The lowest BCUT2D eigenvalue weighted by Gasteiger charge is -2.04. The molecular formula is C5H9NO2. The zero-order chi connectivity index (χ0) is 6.15. The predicted octanol–water partition coefficient (Wildman–Crippen LogP) is -1.17. The van der Waals surface area contributed by atoms with Crippen LogP contribution in [0, 0.1) is 0 Å². The van der Waals surface area contributed by atoms with E-state index in [2.05, 4.69) is 11.9 Å². The van der Waals surface area contributed by atoms with Crippen molar-refractivity contribution in [2.24, 2.45) is 0 Å². The van der Waals surface area contributed by atoms with E-state index in [1.165, 1.54) is 0 Å². The Morgan fingerprint density at radius 3 is 2.38 bits per heavy atom. The smallest absolute Gasteiger partial charge is 0.135 e. The largest absolute Gasteiger partial charge is 0.385 e. The Kier molecular flexibility index (Phi) is 1.33. The van der Waals surface area contributed by atoms with Gasteiger partial charge in [-0.25, -0.2) is 0 Å². The van der Waals surface area contributed by atoms with Crippen LogP contribution in [0.2, 0.25) is 0 Å². The summed E-state index contributed by atoms with van der Waals surface area (Å²) in [5, 5.41) is 20.2. The van der Waals surface area contributed by atoms with E-state index in [4.69, 9.17) is 10.2 Å². The van der Waals surface area contributed by atoms with Crippen LogP contribution in [-0.2, 0) is 0 Å². The van der Waals surface area contributed by atoms with Crippen LogP contribution >= 0.6 is 0 Å². The van der Waals surface area contributed by atoms with Gasteiger partial charge in [0.15, 0.2) is 0 Å². The van der Waals surface area contributed by atoms with Gasteiger partial charge in [0.25, 0.3) is 0 Å². The molecule has 3 N–H and O–H groups in total. The zero-order valence-corrected chi connectivity index (χ0v) is 4.46. The van der Waals surface area contributed by atoms with Crippen molar-refractivity contribution in [3.05, 3.63) is 12.2 Å². The van der Waals surface area contributed by atoms with Gasteiger partial charge < -0.3 is 10.2 Å². The highest BCUT2D eigenvalue weighted by molar-refractivity contribution is 5.11. The topological polar surface area (TPSA) is 52.5 Å². The molecule has 0 aliphatic carbocycles. The molecule has 0 spiro atoms. The molecule has 46 valence electrons. The first-order chi connectivity index (χ1) is 3.72. The van der Waals surface area contributed by atoms with Gasteiger partial charge in [0.1, 0.15) is 12.3 Å². The molecule has 2 atom stereocenters. The maximum atomic E-state index is 8.85. The highest BCUT2D eigenvalue weighted by Crippen LogP contribution is 2.08. The van der Waals surface area contributed by atoms with Gasteiger partial charge >= 0.3 is 0 Å². The number of aliphatic hydroxyl groups is 2. The maximum absolute atomic E-state index is 8.85. The SMILES string of the molecule is C=C1CNC(O)C1O. The fourth-order valence-corrected chi connectivity index (χ4v) is 0.675. The normalized spacial score (nSPS) is 38.5. The van der Waals surface area contributed by atoms with E-state index in [9.17, 15) is 0 Å². The summed E-state index contributed by atoms with van der Waals surface area (Å²) >= 11 is 0. The minimum Gasteiger partial charge on any atom is -0.385 e. The Hall–Kier alpha value is -0.380. The molecule has 8 heavy (non-hydrogen) atoms. The molecule has 0 aromatic carbocycles. The number of nitrogens with one attached hydrogen (secondary N) is 1. The van der Waals surface area contributed by atoms with Crippen LogP contribution in [-0.4, -0.2) is 29.1 Å². The van der Waals surface area contributed by atoms with Crippen LogP contribution in [0.25, 0.3) is 0 Å². The van der Waals surface area contributed by atoms with Gasteiger partial charge in [0.05, 0.1) is 0 Å². The molecule has 0 bridgehead atoms. The fraction of sp³-hybridized carbons (Fsp3) is 0.600. The van der Waals surface area contributed by atoms with Gasteiger partial charge in [0.2, 0.25) is 0 Å². The second-order valence-corrected chi connectivity index (χ2v) is 1.93. The third-order valence-electron chi connectivity index (χ3n) is 1.26. The second-order valence-electron chi connectivity index (χ2n) is 1.93. The summed E-state index contributed by atoms with van der Waals surface area (Å²) in [7, 11) is 0. The van der Waals surface area contributed by atoms with Crippen molar-refractivity contribution in [1.82, 2.24) is 5.32 Å². The summed E-state index contributed by atoms with van der Waals surface area (Å²) in [5.74, 6) is 0. The molecule has 1 aliphatic rings. The predicted molar refractivity (Wildman–Crippen MR) is 29.2 cm³/mol. The van der Waals surface area contributed by atoms with E-state index in [0.717, 1.165) is 0 Å². The maximum Gasteiger partial charge on any atom is 0.135 e. The van der Waals surface area contributed by atoms with Gasteiger partial charge in [-0.1, -0.05) is 6.58 Å². The summed E-state index contributed by atoms with van der Waals surface area (Å²) in [4.78, 5) is 0. The average Bonchev–Trinajstić information content (AvgIpc) is 1.98. The van der Waals surface area contributed by atoms with Crippen molar-refractivity contribution < 1.29 is 10.2 Å². The standard InChI is InChI=1S/C5H9NO2/c1-3-2-6-5(8)4(3)7/h4-8H,1-2H2. The molecule has 1 rings (SSSR count).